The Morgan fingerprint density at radius 1 is 0.314 bits per heavy atom. The van der Waals surface area contributed by atoms with E-state index >= 15 is 0 Å². The molecule has 0 radical (unpaired) electrons. The Balaban J connectivity index is 5.16. The molecule has 86 heavy (non-hydrogen) atoms. The zero-order valence-corrected chi connectivity index (χ0v) is 57.6. The minimum absolute atomic E-state index is 0.101. The zero-order chi connectivity index (χ0) is 63.8. The molecule has 0 spiro atoms. The number of rotatable bonds is 65. The van der Waals surface area contributed by atoms with Crippen molar-refractivity contribution >= 4 is 39.5 Å². The van der Waals surface area contributed by atoms with E-state index in [9.17, 15) is 43.2 Å². The van der Waals surface area contributed by atoms with E-state index in [2.05, 4.69) is 48.5 Å². The molecule has 5 atom stereocenters. The summed E-state index contributed by atoms with van der Waals surface area (Å²) < 4.78 is 67.9. The lowest BCUT2D eigenvalue weighted by molar-refractivity contribution is -0.161. The van der Waals surface area contributed by atoms with Crippen LogP contribution in [0.5, 0.6) is 0 Å². The van der Waals surface area contributed by atoms with E-state index in [0.717, 1.165) is 108 Å². The van der Waals surface area contributed by atoms with Crippen molar-refractivity contribution < 1.29 is 80.2 Å². The summed E-state index contributed by atoms with van der Waals surface area (Å²) >= 11 is 0. The molecule has 0 rings (SSSR count). The van der Waals surface area contributed by atoms with Gasteiger partial charge in [0.1, 0.15) is 19.3 Å². The molecule has 19 heteroatoms. The highest BCUT2D eigenvalue weighted by molar-refractivity contribution is 7.47. The minimum atomic E-state index is -4.95. The first-order chi connectivity index (χ1) is 41.2. The highest BCUT2D eigenvalue weighted by Gasteiger charge is 2.30. The number of ether oxygens (including phenoxy) is 4. The largest absolute Gasteiger partial charge is 0.472 e. The van der Waals surface area contributed by atoms with E-state index in [-0.39, 0.29) is 25.7 Å². The first-order valence-electron chi connectivity index (χ1n) is 34.8. The second kappa shape index (κ2) is 58.2. The van der Waals surface area contributed by atoms with E-state index in [1.54, 1.807) is 0 Å². The predicted molar refractivity (Wildman–Crippen MR) is 344 cm³/mol. The van der Waals surface area contributed by atoms with E-state index in [1.807, 2.05) is 0 Å². The van der Waals surface area contributed by atoms with Gasteiger partial charge in [0.05, 0.1) is 26.4 Å². The molecular weight excluding hydrogens is 1140 g/mol. The van der Waals surface area contributed by atoms with Crippen LogP contribution in [0.3, 0.4) is 0 Å². The SMILES string of the molecule is CCCCCCCC(=O)OC[C@H](COP(=O)(O)OC[C@H](O)COP(=O)(O)OC[C@@H](COC(=O)CCCCCCCCCCCCCCCC(C)C)OC(=O)CCCCCCCCCCCCCCCC(C)C)OC(=O)CCCCCCCCC(C)C. The summed E-state index contributed by atoms with van der Waals surface area (Å²) in [4.78, 5) is 72.1. The average molecular weight is 1270 g/mol. The van der Waals surface area contributed by atoms with Gasteiger partial charge in [-0.25, -0.2) is 9.13 Å². The molecule has 0 heterocycles. The van der Waals surface area contributed by atoms with Crippen molar-refractivity contribution in [2.24, 2.45) is 17.8 Å². The van der Waals surface area contributed by atoms with E-state index in [0.29, 0.717) is 31.6 Å². The Morgan fingerprint density at radius 2 is 0.535 bits per heavy atom. The smallest absolute Gasteiger partial charge is 0.462 e. The molecule has 2 unspecified atom stereocenters. The zero-order valence-electron chi connectivity index (χ0n) is 55.8. The van der Waals surface area contributed by atoms with Crippen LogP contribution in [0.1, 0.15) is 331 Å². The quantitative estimate of drug-likeness (QED) is 0.0222. The summed E-state index contributed by atoms with van der Waals surface area (Å²) in [6, 6.07) is 0. The maximum absolute atomic E-state index is 13.0. The molecule has 0 bridgehead atoms. The fraction of sp³-hybridized carbons (Fsp3) is 0.940. The molecule has 0 saturated carbocycles. The van der Waals surface area contributed by atoms with Crippen molar-refractivity contribution in [1.29, 1.82) is 0 Å². The van der Waals surface area contributed by atoms with Crippen LogP contribution in [0.15, 0.2) is 0 Å². The molecule has 0 aliphatic carbocycles. The van der Waals surface area contributed by atoms with Crippen LogP contribution in [0.4, 0.5) is 0 Å². The number of hydrogen-bond donors (Lipinski definition) is 3. The van der Waals surface area contributed by atoms with E-state index in [4.69, 9.17) is 37.0 Å². The number of aliphatic hydroxyl groups is 1. The Labute approximate surface area is 524 Å². The molecule has 0 amide bonds. The molecule has 0 aromatic carbocycles. The maximum atomic E-state index is 13.0. The van der Waals surface area contributed by atoms with Gasteiger partial charge in [-0.15, -0.1) is 0 Å². The van der Waals surface area contributed by atoms with Crippen molar-refractivity contribution in [3.8, 4) is 0 Å². The number of aliphatic hydroxyl groups excluding tert-OH is 1. The highest BCUT2D eigenvalue weighted by Crippen LogP contribution is 2.45. The van der Waals surface area contributed by atoms with Crippen LogP contribution < -0.4 is 0 Å². The Morgan fingerprint density at radius 3 is 0.791 bits per heavy atom. The molecule has 0 aromatic rings. The molecule has 0 aliphatic rings. The van der Waals surface area contributed by atoms with Crippen LogP contribution in [0.2, 0.25) is 0 Å². The van der Waals surface area contributed by atoms with Gasteiger partial charge in [0.25, 0.3) is 0 Å². The van der Waals surface area contributed by atoms with E-state index < -0.39 is 97.5 Å². The monoisotopic (exact) mass is 1270 g/mol. The Hall–Kier alpha value is -1.94. The van der Waals surface area contributed by atoms with Crippen LogP contribution >= 0.6 is 15.6 Å². The topological polar surface area (TPSA) is 237 Å². The van der Waals surface area contributed by atoms with Crippen molar-refractivity contribution in [3.63, 3.8) is 0 Å². The minimum Gasteiger partial charge on any atom is -0.462 e. The second-order valence-corrected chi connectivity index (χ2v) is 28.5. The standard InChI is InChI=1S/C67H130O17P2/c1-8-9-10-31-41-48-64(69)77-54-62(84-67(72)51-44-37-30-29-34-40-47-60(6)7)56-81-85(73,74)79-52-61(68)53-80-86(75,76)82-57-63(83-66(71)50-43-36-28-24-20-16-12-14-18-22-26-33-39-46-59(4)5)55-78-65(70)49-42-35-27-23-19-15-11-13-17-21-25-32-38-45-58(2)3/h58-63,68H,8-57H2,1-7H3,(H,73,74)(H,75,76)/t61-,62+,63+/m0/s1. The van der Waals surface area contributed by atoms with Crippen LogP contribution in [0.25, 0.3) is 0 Å². The van der Waals surface area contributed by atoms with Crippen molar-refractivity contribution in [3.05, 3.63) is 0 Å². The fourth-order valence-corrected chi connectivity index (χ4v) is 11.6. The Kier molecular flexibility index (Phi) is 56.9. The van der Waals surface area contributed by atoms with Crippen LogP contribution in [-0.2, 0) is 65.4 Å². The summed E-state index contributed by atoms with van der Waals surface area (Å²) in [5, 5.41) is 10.5. The molecular formula is C67H130O17P2. The maximum Gasteiger partial charge on any atom is 0.472 e. The highest BCUT2D eigenvalue weighted by atomic mass is 31.2. The van der Waals surface area contributed by atoms with Gasteiger partial charge in [-0.3, -0.25) is 37.3 Å². The number of carbonyl (C=O) groups excluding carboxylic acids is 4. The molecule has 3 N–H and O–H groups in total. The number of phosphoric ester groups is 2. The van der Waals surface area contributed by atoms with Gasteiger partial charge in [0, 0.05) is 25.7 Å². The first-order valence-corrected chi connectivity index (χ1v) is 37.8. The van der Waals surface area contributed by atoms with Crippen molar-refractivity contribution in [2.45, 2.75) is 349 Å². The number of esters is 4. The second-order valence-electron chi connectivity index (χ2n) is 25.6. The third-order valence-electron chi connectivity index (χ3n) is 15.4. The summed E-state index contributed by atoms with van der Waals surface area (Å²) in [6.45, 7) is 11.7. The van der Waals surface area contributed by atoms with Crippen molar-refractivity contribution in [1.82, 2.24) is 0 Å². The van der Waals surface area contributed by atoms with Gasteiger partial charge in [-0.2, -0.15) is 0 Å². The lowest BCUT2D eigenvalue weighted by Crippen LogP contribution is -2.30. The van der Waals surface area contributed by atoms with Gasteiger partial charge in [0.15, 0.2) is 12.2 Å². The van der Waals surface area contributed by atoms with Gasteiger partial charge < -0.3 is 33.8 Å². The van der Waals surface area contributed by atoms with Gasteiger partial charge in [0.2, 0.25) is 0 Å². The average Bonchev–Trinajstić information content (AvgIpc) is 3.62. The van der Waals surface area contributed by atoms with Gasteiger partial charge in [-0.1, -0.05) is 280 Å². The van der Waals surface area contributed by atoms with Gasteiger partial charge in [-0.05, 0) is 43.4 Å². The molecule has 510 valence electrons. The summed E-state index contributed by atoms with van der Waals surface area (Å²) in [5.41, 5.74) is 0. The number of carbonyl (C=O) groups is 4. The molecule has 0 fully saturated rings. The number of hydrogen-bond acceptors (Lipinski definition) is 15. The molecule has 0 saturated heterocycles. The van der Waals surface area contributed by atoms with Gasteiger partial charge >= 0.3 is 39.5 Å². The van der Waals surface area contributed by atoms with Crippen molar-refractivity contribution in [2.75, 3.05) is 39.6 Å². The lowest BCUT2D eigenvalue weighted by atomic mass is 10.0. The van der Waals surface area contributed by atoms with E-state index in [1.165, 1.54) is 135 Å². The van der Waals surface area contributed by atoms with Crippen LogP contribution in [-0.4, -0.2) is 96.7 Å². The molecule has 0 aliphatic heterocycles. The summed E-state index contributed by atoms with van der Waals surface area (Å²) in [7, 11) is -9.88. The first kappa shape index (κ1) is 84.1. The predicted octanol–water partition coefficient (Wildman–Crippen LogP) is 18.7. The molecule has 0 aromatic heterocycles. The third-order valence-corrected chi connectivity index (χ3v) is 17.3. The third kappa shape index (κ3) is 60.9. The summed E-state index contributed by atoms with van der Waals surface area (Å²) in [5.74, 6) is 0.102. The number of unbranched alkanes of at least 4 members (excludes halogenated alkanes) is 33. The summed E-state index contributed by atoms with van der Waals surface area (Å²) in [6.07, 6.45) is 40.9. The lowest BCUT2D eigenvalue weighted by Gasteiger charge is -2.21. The normalized spacial score (nSPS) is 14.3. The fourth-order valence-electron chi connectivity index (χ4n) is 10.0. The Bertz CT molecular complexity index is 1700. The van der Waals surface area contributed by atoms with Crippen LogP contribution in [0, 0.1) is 17.8 Å². The number of phosphoric acid groups is 2. The molecule has 17 nitrogen and oxygen atoms in total.